The van der Waals surface area contributed by atoms with Crippen molar-refractivity contribution in [3.63, 3.8) is 0 Å². The molecule has 0 aromatic heterocycles. The number of nitrogens with zero attached hydrogens (tertiary/aromatic N) is 6. The van der Waals surface area contributed by atoms with E-state index in [2.05, 4.69) is 15.6 Å². The summed E-state index contributed by atoms with van der Waals surface area (Å²) in [5.41, 5.74) is 20.0. The molecule has 2 aliphatic rings. The summed E-state index contributed by atoms with van der Waals surface area (Å²) in [6.07, 6.45) is 0.873. The van der Waals surface area contributed by atoms with Gasteiger partial charge in [-0.15, -0.1) is 0 Å². The van der Waals surface area contributed by atoms with Crippen LogP contribution >= 0.6 is 0 Å². The van der Waals surface area contributed by atoms with E-state index in [0.717, 1.165) is 40.2 Å². The number of fused-ring (bicyclic) bond motifs is 4. The molecule has 4 amide bonds. The number of anilines is 5. The highest BCUT2D eigenvalue weighted by atomic mass is 16.6. The van der Waals surface area contributed by atoms with E-state index in [1.165, 1.54) is 15.9 Å². The fourth-order valence-corrected chi connectivity index (χ4v) is 6.09. The van der Waals surface area contributed by atoms with E-state index in [-0.39, 0.29) is 5.69 Å². The Morgan fingerprint density at radius 3 is 1.58 bits per heavy atom. The molecule has 16 heteroatoms. The number of carbonyl (C=O) groups excluding carboxylic acids is 2. The Labute approximate surface area is 295 Å². The Morgan fingerprint density at radius 1 is 0.635 bits per heavy atom. The van der Waals surface area contributed by atoms with Gasteiger partial charge in [-0.25, -0.2) is 9.59 Å². The number of nitro benzene ring substituents is 2. The van der Waals surface area contributed by atoms with Gasteiger partial charge in [0.15, 0.2) is 0 Å². The predicted octanol–water partition coefficient (Wildman–Crippen LogP) is 6.21. The van der Waals surface area contributed by atoms with E-state index in [9.17, 15) is 29.8 Å². The number of primary amides is 2. The number of benzene rings is 5. The Hall–Kier alpha value is -7.62. The second-order valence-corrected chi connectivity index (χ2v) is 11.5. The first kappa shape index (κ1) is 34.3. The van der Waals surface area contributed by atoms with Crippen LogP contribution in [0.3, 0.4) is 0 Å². The van der Waals surface area contributed by atoms with Gasteiger partial charge in [-0.1, -0.05) is 72.8 Å². The molecule has 16 nitrogen and oxygen atoms in total. The molecule has 0 bridgehead atoms. The van der Waals surface area contributed by atoms with Gasteiger partial charge >= 0.3 is 17.7 Å². The second kappa shape index (κ2) is 14.5. The normalized spacial score (nSPS) is 14.3. The average Bonchev–Trinajstić information content (AvgIpc) is 3.38. The molecule has 0 unspecified atom stereocenters. The maximum Gasteiger partial charge on any atom is 0.323 e. The molecule has 7 N–H and O–H groups in total. The van der Waals surface area contributed by atoms with Crippen molar-refractivity contribution in [1.29, 1.82) is 0 Å². The van der Waals surface area contributed by atoms with E-state index in [0.29, 0.717) is 41.2 Å². The lowest BCUT2D eigenvalue weighted by Crippen LogP contribution is -2.32. The smallest absolute Gasteiger partial charge is 0.323 e. The van der Waals surface area contributed by atoms with E-state index < -0.39 is 33.3 Å². The summed E-state index contributed by atoms with van der Waals surface area (Å²) in [6.45, 7) is 0. The number of non-ortho nitro benzene ring substituents is 1. The minimum absolute atomic E-state index is 0.00475. The van der Waals surface area contributed by atoms with Crippen LogP contribution in [0.2, 0.25) is 0 Å². The van der Waals surface area contributed by atoms with Gasteiger partial charge < -0.3 is 17.3 Å². The standard InChI is InChI=1S/C21H16N6O5.C15H14N4O/c22-21(28)25-18-7-3-1-5-13(18)11-17(15-6-2-4-8-19(15)25)24-23-16-10-9-14(26(29)30)12-20(16)27(31)32;16-15(20)19-13-7-3-1-5-10(13)9-12(18-17)11-6-2-4-8-14(11)19/h1-10,12,23H,11H2,(H2,22,28);1-8H,9,17H2,(H2,16,20). The molecule has 0 radical (unpaired) electrons. The van der Waals surface area contributed by atoms with Crippen molar-refractivity contribution < 1.29 is 19.4 Å². The van der Waals surface area contributed by atoms with Crippen molar-refractivity contribution in [2.75, 3.05) is 15.2 Å². The zero-order valence-electron chi connectivity index (χ0n) is 27.2. The third-order valence-electron chi connectivity index (χ3n) is 8.39. The fraction of sp³-hybridized carbons (Fsp3) is 0.0556. The van der Waals surface area contributed by atoms with Crippen LogP contribution in [0.5, 0.6) is 0 Å². The minimum atomic E-state index is -0.722. The number of carbonyl (C=O) groups is 2. The molecule has 0 saturated heterocycles. The molecule has 5 aromatic carbocycles. The van der Waals surface area contributed by atoms with Crippen molar-refractivity contribution in [1.82, 2.24) is 0 Å². The van der Waals surface area contributed by atoms with Gasteiger partial charge in [-0.3, -0.25) is 35.5 Å². The molecule has 5 aromatic rings. The fourth-order valence-electron chi connectivity index (χ4n) is 6.09. The molecule has 0 saturated carbocycles. The van der Waals surface area contributed by atoms with Crippen molar-refractivity contribution in [2.24, 2.45) is 27.5 Å². The molecule has 0 spiro atoms. The molecule has 0 aliphatic carbocycles. The summed E-state index contributed by atoms with van der Waals surface area (Å²) < 4.78 is 0. The van der Waals surface area contributed by atoms with Crippen molar-refractivity contribution in [2.45, 2.75) is 12.8 Å². The maximum atomic E-state index is 12.3. The number of para-hydroxylation sites is 4. The molecule has 0 atom stereocenters. The SMILES string of the molecule is NC(=O)N1c2ccccc2CC(=NNc2ccc([N+](=O)[O-])cc2[N+](=O)[O-])c2ccccc21.NN=C1Cc2ccccc2N(C(N)=O)c2ccccc21. The Kier molecular flexibility index (Phi) is 9.53. The van der Waals surface area contributed by atoms with E-state index in [1.807, 2.05) is 60.7 Å². The third-order valence-corrected chi connectivity index (χ3v) is 8.39. The number of hydrazone groups is 2. The number of rotatable bonds is 4. The summed E-state index contributed by atoms with van der Waals surface area (Å²) in [4.78, 5) is 48.0. The lowest BCUT2D eigenvalue weighted by molar-refractivity contribution is -0.393. The highest BCUT2D eigenvalue weighted by Crippen LogP contribution is 2.38. The highest BCUT2D eigenvalue weighted by molar-refractivity contribution is 6.15. The van der Waals surface area contributed by atoms with Crippen LogP contribution in [0, 0.1) is 20.2 Å². The van der Waals surface area contributed by atoms with Crippen LogP contribution in [-0.2, 0) is 12.8 Å². The zero-order chi connectivity index (χ0) is 36.9. The number of nitro groups is 2. The Morgan fingerprint density at radius 2 is 1.10 bits per heavy atom. The van der Waals surface area contributed by atoms with Gasteiger partial charge in [0.25, 0.3) is 5.69 Å². The van der Waals surface area contributed by atoms with Crippen molar-refractivity contribution in [3.8, 4) is 0 Å². The van der Waals surface area contributed by atoms with E-state index in [1.54, 1.807) is 36.4 Å². The van der Waals surface area contributed by atoms with Gasteiger partial charge in [0.2, 0.25) is 0 Å². The number of nitrogens with two attached hydrogens (primary N) is 3. The van der Waals surface area contributed by atoms with Crippen LogP contribution in [0.15, 0.2) is 125 Å². The van der Waals surface area contributed by atoms with E-state index >= 15 is 0 Å². The van der Waals surface area contributed by atoms with Gasteiger partial charge in [0.1, 0.15) is 5.69 Å². The number of urea groups is 2. The van der Waals surface area contributed by atoms with Crippen LogP contribution in [0.4, 0.5) is 49.4 Å². The molecule has 52 heavy (non-hydrogen) atoms. The van der Waals surface area contributed by atoms with Crippen LogP contribution in [0.1, 0.15) is 22.3 Å². The summed E-state index contributed by atoms with van der Waals surface area (Å²) in [5, 5.41) is 30.6. The summed E-state index contributed by atoms with van der Waals surface area (Å²) in [5.74, 6) is 5.52. The molecule has 2 aliphatic heterocycles. The largest absolute Gasteiger partial charge is 0.351 e. The molecular formula is C36H30N10O6. The summed E-state index contributed by atoms with van der Waals surface area (Å²) in [7, 11) is 0. The molecule has 260 valence electrons. The van der Waals surface area contributed by atoms with Gasteiger partial charge in [0, 0.05) is 30.0 Å². The van der Waals surface area contributed by atoms with Crippen molar-refractivity contribution in [3.05, 3.63) is 158 Å². The number of nitrogens with one attached hydrogen (secondary N) is 1. The first-order valence-electron chi connectivity index (χ1n) is 15.6. The summed E-state index contributed by atoms with van der Waals surface area (Å²) >= 11 is 0. The van der Waals surface area contributed by atoms with Crippen molar-refractivity contribution >= 4 is 63.3 Å². The first-order valence-corrected chi connectivity index (χ1v) is 15.6. The van der Waals surface area contributed by atoms with Crippen LogP contribution in [0.25, 0.3) is 0 Å². The minimum Gasteiger partial charge on any atom is -0.351 e. The monoisotopic (exact) mass is 698 g/mol. The lowest BCUT2D eigenvalue weighted by Gasteiger charge is -2.22. The number of hydrogen-bond donors (Lipinski definition) is 4. The predicted molar refractivity (Wildman–Crippen MR) is 197 cm³/mol. The Bertz CT molecular complexity index is 2310. The van der Waals surface area contributed by atoms with Gasteiger partial charge in [0.05, 0.1) is 50.1 Å². The molecule has 2 heterocycles. The number of amides is 4. The Balaban J connectivity index is 0.000000198. The van der Waals surface area contributed by atoms with Crippen LogP contribution < -0.4 is 32.5 Å². The number of hydrogen-bond acceptors (Lipinski definition) is 10. The van der Waals surface area contributed by atoms with Gasteiger partial charge in [-0.05, 0) is 41.5 Å². The second-order valence-electron chi connectivity index (χ2n) is 11.5. The first-order chi connectivity index (χ1) is 25.1. The summed E-state index contributed by atoms with van der Waals surface area (Å²) in [6, 6.07) is 31.4. The quantitative estimate of drug-likeness (QED) is 0.0952. The lowest BCUT2D eigenvalue weighted by atomic mass is 10.0. The zero-order valence-corrected chi connectivity index (χ0v) is 27.2. The van der Waals surface area contributed by atoms with E-state index in [4.69, 9.17) is 17.3 Å². The van der Waals surface area contributed by atoms with Gasteiger partial charge in [-0.2, -0.15) is 10.2 Å². The average molecular weight is 699 g/mol. The highest BCUT2D eigenvalue weighted by Gasteiger charge is 2.29. The molecule has 7 rings (SSSR count). The molecular weight excluding hydrogens is 668 g/mol. The maximum absolute atomic E-state index is 12.3. The molecule has 0 fully saturated rings. The third kappa shape index (κ3) is 6.66. The topological polar surface area (TPSA) is 242 Å². The van der Waals surface area contributed by atoms with Crippen LogP contribution in [-0.4, -0.2) is 33.3 Å².